The quantitative estimate of drug-likeness (QED) is 0.0997. The molecule has 4 saturated heterocycles. The van der Waals surface area contributed by atoms with Gasteiger partial charge in [-0.1, -0.05) is 37.6 Å². The van der Waals surface area contributed by atoms with Crippen LogP contribution in [-0.4, -0.2) is 132 Å². The van der Waals surface area contributed by atoms with E-state index in [4.69, 9.17) is 37.7 Å². The van der Waals surface area contributed by atoms with Crippen molar-refractivity contribution in [1.82, 2.24) is 30.0 Å². The summed E-state index contributed by atoms with van der Waals surface area (Å²) in [4.78, 5) is 71.3. The van der Waals surface area contributed by atoms with Gasteiger partial charge in [0, 0.05) is 75.6 Å². The van der Waals surface area contributed by atoms with E-state index in [2.05, 4.69) is 49.8 Å². The molecule has 5 fully saturated rings. The summed E-state index contributed by atoms with van der Waals surface area (Å²) in [5.74, 6) is 0.862. The van der Waals surface area contributed by atoms with E-state index in [0.29, 0.717) is 57.3 Å². The van der Waals surface area contributed by atoms with E-state index in [-0.39, 0.29) is 25.4 Å². The summed E-state index contributed by atoms with van der Waals surface area (Å²) in [5, 5.41) is 12.5. The van der Waals surface area contributed by atoms with Gasteiger partial charge in [0.15, 0.2) is 5.75 Å². The van der Waals surface area contributed by atoms with Gasteiger partial charge in [-0.2, -0.15) is 5.26 Å². The minimum atomic E-state index is -0.959. The Balaban J connectivity index is 0.638. The van der Waals surface area contributed by atoms with Crippen molar-refractivity contribution in [2.24, 2.45) is 11.3 Å². The number of nitriles is 1. The molecule has 3 aromatic carbocycles. The van der Waals surface area contributed by atoms with Gasteiger partial charge in [-0.05, 0) is 129 Å². The van der Waals surface area contributed by atoms with Crippen LogP contribution < -0.4 is 24.6 Å². The van der Waals surface area contributed by atoms with E-state index in [1.165, 1.54) is 25.7 Å². The van der Waals surface area contributed by atoms with Crippen LogP contribution in [0.4, 0.5) is 11.6 Å². The van der Waals surface area contributed by atoms with Gasteiger partial charge in [0.25, 0.3) is 11.8 Å². The largest absolute Gasteiger partial charge is 0.489 e. The predicted octanol–water partition coefficient (Wildman–Crippen LogP) is 7.21. The SMILES string of the molecule is CC(C)(c1ccc(OCc2ccnc(N3CCN(C4CC5(CCN(CC6CCN(c7ccc8c(c7)C(=O)N(C7CCC(=O)NC7=O)C8=O)CC6)CC5)C4)CC3)n2)cc1)c1cc(Cl)c(OCCCl)c(C#N)c1. The number of nitrogens with one attached hydrogen (secondary N) is 1. The number of fused-ring (bicyclic) bond motifs is 1. The molecule has 4 aromatic rings. The van der Waals surface area contributed by atoms with Crippen molar-refractivity contribution >= 4 is 58.5 Å². The number of hydrogen-bond donors (Lipinski definition) is 1. The fourth-order valence-corrected chi connectivity index (χ4v) is 12.1. The molecule has 10 rings (SSSR count). The van der Waals surface area contributed by atoms with Gasteiger partial charge in [-0.15, -0.1) is 11.6 Å². The Kier molecular flexibility index (Phi) is 14.0. The fraction of sp³-hybridized carbons (Fsp3) is 0.500. The number of carbonyl (C=O) groups is 4. The second kappa shape index (κ2) is 20.4. The molecule has 6 heterocycles. The average Bonchev–Trinajstić information content (AvgIpc) is 3.62. The summed E-state index contributed by atoms with van der Waals surface area (Å²) in [6.07, 6.45) is 9.34. The van der Waals surface area contributed by atoms with Crippen molar-refractivity contribution in [3.05, 3.63) is 105 Å². The Hall–Kier alpha value is -5.79. The van der Waals surface area contributed by atoms with E-state index in [9.17, 15) is 24.4 Å². The maximum atomic E-state index is 13.4. The van der Waals surface area contributed by atoms with Crippen LogP contribution in [0.5, 0.6) is 11.5 Å². The molecule has 17 heteroatoms. The second-order valence-electron chi connectivity index (χ2n) is 20.8. The molecule has 1 N–H and O–H groups in total. The van der Waals surface area contributed by atoms with Crippen molar-refractivity contribution in [3.8, 4) is 17.6 Å². The predicted molar refractivity (Wildman–Crippen MR) is 270 cm³/mol. The molecule has 1 saturated carbocycles. The van der Waals surface area contributed by atoms with E-state index in [1.54, 1.807) is 6.07 Å². The molecule has 1 spiro atoms. The van der Waals surface area contributed by atoms with E-state index >= 15 is 0 Å². The van der Waals surface area contributed by atoms with Crippen LogP contribution in [-0.2, 0) is 21.6 Å². The number of amides is 4. The number of halogens is 2. The highest BCUT2D eigenvalue weighted by Crippen LogP contribution is 2.51. The molecule has 5 aliphatic heterocycles. The van der Waals surface area contributed by atoms with Crippen LogP contribution in [0, 0.1) is 22.7 Å². The first kappa shape index (κ1) is 48.8. The van der Waals surface area contributed by atoms with E-state index in [1.807, 2.05) is 60.8 Å². The monoisotopic (exact) mass is 1000 g/mol. The maximum absolute atomic E-state index is 13.4. The van der Waals surface area contributed by atoms with Crippen LogP contribution >= 0.6 is 23.2 Å². The van der Waals surface area contributed by atoms with Crippen molar-refractivity contribution in [3.63, 3.8) is 0 Å². The van der Waals surface area contributed by atoms with Gasteiger partial charge in [0.2, 0.25) is 17.8 Å². The Labute approximate surface area is 425 Å². The van der Waals surface area contributed by atoms with Crippen molar-refractivity contribution in [2.75, 3.05) is 81.2 Å². The molecule has 15 nitrogen and oxygen atoms in total. The van der Waals surface area contributed by atoms with E-state index < -0.39 is 29.2 Å². The van der Waals surface area contributed by atoms with Crippen molar-refractivity contribution in [1.29, 1.82) is 5.26 Å². The summed E-state index contributed by atoms with van der Waals surface area (Å²) in [5.41, 5.74) is 4.77. The zero-order valence-corrected chi connectivity index (χ0v) is 42.0. The number of alkyl halides is 1. The Morgan fingerprint density at radius 1 is 0.831 bits per heavy atom. The summed E-state index contributed by atoms with van der Waals surface area (Å²) in [7, 11) is 0. The van der Waals surface area contributed by atoms with Gasteiger partial charge in [-0.25, -0.2) is 9.97 Å². The third-order valence-electron chi connectivity index (χ3n) is 16.2. The molecule has 1 aliphatic carbocycles. The molecule has 0 radical (unpaired) electrons. The number of ether oxygens (including phenoxy) is 2. The number of anilines is 2. The van der Waals surface area contributed by atoms with Crippen LogP contribution in [0.25, 0.3) is 0 Å². The van der Waals surface area contributed by atoms with Crippen molar-refractivity contribution in [2.45, 2.75) is 89.3 Å². The molecule has 1 atom stereocenters. The summed E-state index contributed by atoms with van der Waals surface area (Å²) in [6, 6.07) is 20.9. The highest BCUT2D eigenvalue weighted by atomic mass is 35.5. The number of piperidine rings is 3. The Morgan fingerprint density at radius 2 is 1.56 bits per heavy atom. The standard InChI is InChI=1S/C54H61Cl2N9O6/c1-53(2,38-27-36(32-57)48(45(56)28-38)70-26-16-55)37-3-6-42(7-4-37)71-34-39-11-17-58-52(59-39)64-24-22-63(23-25-64)41-30-54(31-41)14-20-61(21-15-54)33-35-12-18-62(19-13-35)40-5-8-43-44(29-40)51(69)65(50(43)68)46-9-10-47(66)60-49(46)67/h3-8,11,17,27-29,35,41,46H,9-10,12-16,18-26,30-31,33-34H2,1-2H3,(H,60,66,67). The number of piperazine rings is 1. The van der Waals surface area contributed by atoms with Gasteiger partial charge in [0.1, 0.15) is 31.1 Å². The molecular formula is C54H61Cl2N9O6. The van der Waals surface area contributed by atoms with Crippen LogP contribution in [0.1, 0.15) is 108 Å². The van der Waals surface area contributed by atoms with Gasteiger partial charge >= 0.3 is 0 Å². The number of likely N-dealkylation sites (tertiary alicyclic amines) is 1. The summed E-state index contributed by atoms with van der Waals surface area (Å²) in [6.45, 7) is 13.8. The number of carbonyl (C=O) groups excluding carboxylic acids is 4. The number of benzene rings is 3. The molecule has 372 valence electrons. The molecule has 71 heavy (non-hydrogen) atoms. The zero-order chi connectivity index (χ0) is 49.4. The third-order valence-corrected chi connectivity index (χ3v) is 16.6. The van der Waals surface area contributed by atoms with Crippen LogP contribution in [0.2, 0.25) is 5.02 Å². The number of rotatable bonds is 14. The minimum Gasteiger partial charge on any atom is -0.489 e. The lowest BCUT2D eigenvalue weighted by molar-refractivity contribution is -0.136. The minimum absolute atomic E-state index is 0.103. The Bertz CT molecular complexity index is 2720. The van der Waals surface area contributed by atoms with Crippen molar-refractivity contribution < 1.29 is 28.7 Å². The number of nitrogens with zero attached hydrogens (tertiary/aromatic N) is 8. The lowest BCUT2D eigenvalue weighted by Crippen LogP contribution is -2.59. The highest BCUT2D eigenvalue weighted by Gasteiger charge is 2.49. The molecule has 6 aliphatic rings. The number of imide groups is 2. The van der Waals surface area contributed by atoms with E-state index in [0.717, 1.165) is 111 Å². The summed E-state index contributed by atoms with van der Waals surface area (Å²) >= 11 is 12.4. The van der Waals surface area contributed by atoms with Gasteiger partial charge in [-0.3, -0.25) is 34.3 Å². The summed E-state index contributed by atoms with van der Waals surface area (Å²) < 4.78 is 11.8. The maximum Gasteiger partial charge on any atom is 0.262 e. The highest BCUT2D eigenvalue weighted by molar-refractivity contribution is 6.32. The zero-order valence-electron chi connectivity index (χ0n) is 40.5. The molecule has 0 bridgehead atoms. The fourth-order valence-electron chi connectivity index (χ4n) is 11.7. The molecular weight excluding hydrogens is 942 g/mol. The normalized spacial score (nSPS) is 21.3. The first-order valence-electron chi connectivity index (χ1n) is 25.1. The van der Waals surface area contributed by atoms with Gasteiger partial charge in [0.05, 0.1) is 33.3 Å². The lowest BCUT2D eigenvalue weighted by atomic mass is 9.60. The number of aromatic nitrogens is 2. The Morgan fingerprint density at radius 3 is 2.27 bits per heavy atom. The van der Waals surface area contributed by atoms with Gasteiger partial charge < -0.3 is 24.2 Å². The van der Waals surface area contributed by atoms with Crippen LogP contribution in [0.15, 0.2) is 66.9 Å². The average molecular weight is 1000 g/mol. The second-order valence-corrected chi connectivity index (χ2v) is 21.5. The first-order chi connectivity index (χ1) is 34.3. The molecule has 1 unspecified atom stereocenters. The molecule has 1 aromatic heterocycles. The molecule has 4 amide bonds. The third kappa shape index (κ3) is 10.1. The lowest BCUT2D eigenvalue weighted by Gasteiger charge is -2.56. The smallest absolute Gasteiger partial charge is 0.262 e. The van der Waals surface area contributed by atoms with Crippen LogP contribution in [0.3, 0.4) is 0 Å². The first-order valence-corrected chi connectivity index (χ1v) is 26.0. The number of hydrogen-bond acceptors (Lipinski definition) is 13. The topological polar surface area (TPSA) is 165 Å².